The van der Waals surface area contributed by atoms with Crippen molar-refractivity contribution in [3.63, 3.8) is 0 Å². The maximum atomic E-state index is 13.1. The quantitative estimate of drug-likeness (QED) is 0.510. The van der Waals surface area contributed by atoms with Crippen LogP contribution in [0.3, 0.4) is 0 Å². The molecule has 0 bridgehead atoms. The molecule has 0 unspecified atom stereocenters. The third-order valence-corrected chi connectivity index (χ3v) is 8.31. The molecule has 2 amide bonds. The van der Waals surface area contributed by atoms with Crippen molar-refractivity contribution >= 4 is 62.3 Å². The molecule has 184 valence electrons. The summed E-state index contributed by atoms with van der Waals surface area (Å²) in [5, 5.41) is 1.24. The number of rotatable bonds is 4. The van der Waals surface area contributed by atoms with E-state index in [2.05, 4.69) is 4.90 Å². The summed E-state index contributed by atoms with van der Waals surface area (Å²) in [7, 11) is 0. The van der Waals surface area contributed by atoms with Gasteiger partial charge >= 0.3 is 4.87 Å². The van der Waals surface area contributed by atoms with E-state index in [1.54, 1.807) is 23.1 Å². The topological polar surface area (TPSA) is 65.9 Å². The van der Waals surface area contributed by atoms with E-state index < -0.39 is 0 Å². The molecule has 35 heavy (non-hydrogen) atoms. The summed E-state index contributed by atoms with van der Waals surface area (Å²) >= 11 is 13.3. The molecule has 2 aromatic carbocycles. The Labute approximate surface area is 217 Å². The van der Waals surface area contributed by atoms with Crippen LogP contribution in [0, 0.1) is 5.92 Å². The highest BCUT2D eigenvalue weighted by molar-refractivity contribution is 7.16. The van der Waals surface area contributed by atoms with Gasteiger partial charge in [-0.05, 0) is 49.2 Å². The van der Waals surface area contributed by atoms with Gasteiger partial charge in [-0.1, -0.05) is 40.6 Å². The first kappa shape index (κ1) is 24.2. The maximum absolute atomic E-state index is 13.1. The van der Waals surface area contributed by atoms with Gasteiger partial charge in [0.15, 0.2) is 0 Å². The molecular weight excluding hydrogens is 507 g/mol. The molecule has 3 aromatic rings. The number of carbonyl (C=O) groups excluding carboxylic acids is 2. The van der Waals surface area contributed by atoms with E-state index in [-0.39, 0.29) is 29.1 Å². The summed E-state index contributed by atoms with van der Waals surface area (Å²) < 4.78 is 2.30. The van der Waals surface area contributed by atoms with Crippen LogP contribution in [0.1, 0.15) is 12.8 Å². The Morgan fingerprint density at radius 1 is 0.886 bits per heavy atom. The van der Waals surface area contributed by atoms with E-state index in [1.165, 1.54) is 4.57 Å². The Morgan fingerprint density at radius 2 is 1.60 bits per heavy atom. The highest BCUT2D eigenvalue weighted by Gasteiger charge is 2.32. The number of benzene rings is 2. The predicted molar refractivity (Wildman–Crippen MR) is 141 cm³/mol. The normalized spacial score (nSPS) is 17.3. The number of nitrogens with zero attached hydrogens (tertiary/aromatic N) is 4. The smallest absolute Gasteiger partial charge is 0.308 e. The molecular formula is C25H26Cl2N4O3S. The zero-order valence-electron chi connectivity index (χ0n) is 19.2. The molecule has 1 aromatic heterocycles. The van der Waals surface area contributed by atoms with Crippen LogP contribution in [0.25, 0.3) is 10.2 Å². The van der Waals surface area contributed by atoms with Crippen LogP contribution >= 0.6 is 34.5 Å². The number of anilines is 1. The lowest BCUT2D eigenvalue weighted by Gasteiger charge is -2.39. The zero-order chi connectivity index (χ0) is 24.5. The molecule has 0 N–H and O–H groups in total. The fraction of sp³-hybridized carbons (Fsp3) is 0.400. The molecule has 0 aliphatic carbocycles. The van der Waals surface area contributed by atoms with Crippen molar-refractivity contribution in [3.05, 3.63) is 62.2 Å². The van der Waals surface area contributed by atoms with E-state index in [4.69, 9.17) is 23.2 Å². The molecule has 0 radical (unpaired) electrons. The fourth-order valence-corrected chi connectivity index (χ4v) is 6.13. The van der Waals surface area contributed by atoms with Gasteiger partial charge in [0.05, 0.1) is 10.2 Å². The van der Waals surface area contributed by atoms with Crippen LogP contribution in [0.4, 0.5) is 5.69 Å². The van der Waals surface area contributed by atoms with Crippen LogP contribution in [0.2, 0.25) is 10.0 Å². The molecule has 2 aliphatic rings. The number of carbonyl (C=O) groups is 2. The Bertz CT molecular complexity index is 1310. The summed E-state index contributed by atoms with van der Waals surface area (Å²) in [5.41, 5.74) is 1.76. The second kappa shape index (κ2) is 10.2. The monoisotopic (exact) mass is 532 g/mol. The van der Waals surface area contributed by atoms with E-state index in [1.807, 2.05) is 29.2 Å². The minimum absolute atomic E-state index is 0.0107. The second-order valence-electron chi connectivity index (χ2n) is 9.01. The van der Waals surface area contributed by atoms with Gasteiger partial charge in [-0.3, -0.25) is 19.0 Å². The maximum Gasteiger partial charge on any atom is 0.308 e. The van der Waals surface area contributed by atoms with E-state index in [0.29, 0.717) is 54.6 Å². The van der Waals surface area contributed by atoms with Gasteiger partial charge in [-0.2, -0.15) is 0 Å². The average Bonchev–Trinajstić information content (AvgIpc) is 3.18. The third-order valence-electron chi connectivity index (χ3n) is 6.88. The summed E-state index contributed by atoms with van der Waals surface area (Å²) in [4.78, 5) is 44.3. The molecule has 7 nitrogen and oxygen atoms in total. The van der Waals surface area contributed by atoms with Crippen LogP contribution in [0.15, 0.2) is 47.3 Å². The second-order valence-corrected chi connectivity index (χ2v) is 10.9. The van der Waals surface area contributed by atoms with Crippen LogP contribution in [-0.4, -0.2) is 65.4 Å². The SMILES string of the molecule is O=C(Cn1c(=O)sc2ccc(Cl)cc21)N1CCC(C(=O)N2CCN(c3cccc(Cl)c3)CC2)CC1. The van der Waals surface area contributed by atoms with E-state index in [9.17, 15) is 14.4 Å². The average molecular weight is 533 g/mol. The first-order valence-electron chi connectivity index (χ1n) is 11.7. The number of fused-ring (bicyclic) bond motifs is 1. The highest BCUT2D eigenvalue weighted by Crippen LogP contribution is 2.25. The number of piperazine rings is 1. The van der Waals surface area contributed by atoms with Gasteiger partial charge in [-0.15, -0.1) is 0 Å². The van der Waals surface area contributed by atoms with Crippen molar-refractivity contribution in [3.8, 4) is 0 Å². The number of amides is 2. The molecule has 2 aliphatic heterocycles. The van der Waals surface area contributed by atoms with Crippen molar-refractivity contribution in [2.24, 2.45) is 5.92 Å². The number of thiazole rings is 1. The predicted octanol–water partition coefficient (Wildman–Crippen LogP) is 3.96. The van der Waals surface area contributed by atoms with Crippen LogP contribution < -0.4 is 9.77 Å². The summed E-state index contributed by atoms with van der Waals surface area (Å²) in [6, 6.07) is 13.1. The molecule has 2 saturated heterocycles. The summed E-state index contributed by atoms with van der Waals surface area (Å²) in [6.45, 7) is 3.95. The number of hydrogen-bond donors (Lipinski definition) is 0. The lowest BCUT2D eigenvalue weighted by atomic mass is 9.95. The number of hydrogen-bond acceptors (Lipinski definition) is 5. The summed E-state index contributed by atoms with van der Waals surface area (Å²) in [6.07, 6.45) is 1.29. The lowest BCUT2D eigenvalue weighted by molar-refractivity contribution is -0.141. The van der Waals surface area contributed by atoms with Gasteiger partial charge in [0.2, 0.25) is 11.8 Å². The number of halogens is 2. The van der Waals surface area contributed by atoms with Crippen LogP contribution in [-0.2, 0) is 16.1 Å². The number of likely N-dealkylation sites (tertiary alicyclic amines) is 1. The molecule has 0 saturated carbocycles. The van der Waals surface area contributed by atoms with Crippen molar-refractivity contribution in [1.82, 2.24) is 14.4 Å². The Kier molecular flexibility index (Phi) is 7.05. The number of piperidine rings is 1. The van der Waals surface area contributed by atoms with Crippen molar-refractivity contribution in [2.75, 3.05) is 44.2 Å². The van der Waals surface area contributed by atoms with Gasteiger partial charge < -0.3 is 14.7 Å². The first-order valence-corrected chi connectivity index (χ1v) is 13.3. The molecule has 10 heteroatoms. The van der Waals surface area contributed by atoms with Crippen molar-refractivity contribution in [2.45, 2.75) is 19.4 Å². The zero-order valence-corrected chi connectivity index (χ0v) is 21.5. The van der Waals surface area contributed by atoms with Gasteiger partial charge in [0.1, 0.15) is 6.54 Å². The van der Waals surface area contributed by atoms with E-state index >= 15 is 0 Å². The molecule has 2 fully saturated rings. The molecule has 0 spiro atoms. The Morgan fingerprint density at radius 3 is 2.31 bits per heavy atom. The minimum atomic E-state index is -0.169. The Hall–Kier alpha value is -2.55. The fourth-order valence-electron chi connectivity index (χ4n) is 4.91. The molecule has 0 atom stereocenters. The van der Waals surface area contributed by atoms with E-state index in [0.717, 1.165) is 34.8 Å². The first-order chi connectivity index (χ1) is 16.9. The standard InChI is InChI=1S/C25H26Cl2N4O3S/c26-18-2-1-3-20(14-18)28-10-12-30(13-11-28)24(33)17-6-8-29(9-7-17)23(32)16-31-21-15-19(27)4-5-22(21)35-25(31)34/h1-5,14-15,17H,6-13,16H2. The lowest BCUT2D eigenvalue weighted by Crippen LogP contribution is -2.52. The van der Waals surface area contributed by atoms with Crippen LogP contribution in [0.5, 0.6) is 0 Å². The van der Waals surface area contributed by atoms with Gasteiger partial charge in [-0.25, -0.2) is 0 Å². The Balaban J connectivity index is 1.14. The van der Waals surface area contributed by atoms with Crippen molar-refractivity contribution in [1.29, 1.82) is 0 Å². The largest absolute Gasteiger partial charge is 0.368 e. The molecule has 3 heterocycles. The van der Waals surface area contributed by atoms with Crippen molar-refractivity contribution < 1.29 is 9.59 Å². The minimum Gasteiger partial charge on any atom is -0.368 e. The molecule has 5 rings (SSSR count). The number of aromatic nitrogens is 1. The summed E-state index contributed by atoms with van der Waals surface area (Å²) in [5.74, 6) is 0.00520. The third kappa shape index (κ3) is 5.20. The van der Waals surface area contributed by atoms with Gasteiger partial charge in [0.25, 0.3) is 0 Å². The van der Waals surface area contributed by atoms with Gasteiger partial charge in [0, 0.05) is 60.9 Å². The highest BCUT2D eigenvalue weighted by atomic mass is 35.5.